The van der Waals surface area contributed by atoms with E-state index in [0.717, 1.165) is 23.0 Å². The fourth-order valence-electron chi connectivity index (χ4n) is 2.54. The molecule has 7 heteroatoms. The molecule has 1 atom stereocenters. The third-order valence-corrected chi connectivity index (χ3v) is 3.44. The first-order valence-electron chi connectivity index (χ1n) is 6.68. The van der Waals surface area contributed by atoms with Crippen molar-refractivity contribution in [3.05, 3.63) is 30.0 Å². The quantitative estimate of drug-likeness (QED) is 0.916. The Balaban J connectivity index is 1.83. The molecule has 4 nitrogen and oxygen atoms in total. The Hall–Kier alpha value is -1.73. The van der Waals surface area contributed by atoms with Gasteiger partial charge in [0.25, 0.3) is 0 Å². The van der Waals surface area contributed by atoms with Crippen LogP contribution >= 0.6 is 0 Å². The SMILES string of the molecule is FC(F)(F)Oc1ccc2[nH]cc(C[C@H]3COCCN3)c2c1. The summed E-state index contributed by atoms with van der Waals surface area (Å²) >= 11 is 0. The van der Waals surface area contributed by atoms with E-state index >= 15 is 0 Å². The second-order valence-electron chi connectivity index (χ2n) is 5.00. The molecule has 1 aromatic carbocycles. The molecule has 0 saturated carbocycles. The number of nitrogens with one attached hydrogen (secondary N) is 2. The number of hydrogen-bond donors (Lipinski definition) is 2. The van der Waals surface area contributed by atoms with Crippen molar-refractivity contribution >= 4 is 10.9 Å². The number of hydrogen-bond acceptors (Lipinski definition) is 3. The van der Waals surface area contributed by atoms with Crippen molar-refractivity contribution in [1.82, 2.24) is 10.3 Å². The molecule has 2 aromatic rings. The Morgan fingerprint density at radius 1 is 1.33 bits per heavy atom. The number of rotatable bonds is 3. The first kappa shape index (κ1) is 14.2. The Kier molecular flexibility index (Phi) is 3.77. The summed E-state index contributed by atoms with van der Waals surface area (Å²) in [5.41, 5.74) is 1.73. The van der Waals surface area contributed by atoms with Gasteiger partial charge >= 0.3 is 6.36 Å². The van der Waals surface area contributed by atoms with Crippen molar-refractivity contribution < 1.29 is 22.6 Å². The lowest BCUT2D eigenvalue weighted by molar-refractivity contribution is -0.274. The molecule has 1 aromatic heterocycles. The van der Waals surface area contributed by atoms with Gasteiger partial charge in [0.15, 0.2) is 0 Å². The Morgan fingerprint density at radius 2 is 2.19 bits per heavy atom. The number of H-pyrrole nitrogens is 1. The maximum absolute atomic E-state index is 12.3. The largest absolute Gasteiger partial charge is 0.573 e. The topological polar surface area (TPSA) is 46.3 Å². The molecule has 0 spiro atoms. The summed E-state index contributed by atoms with van der Waals surface area (Å²) in [6.45, 7) is 2.08. The Labute approximate surface area is 119 Å². The number of benzene rings is 1. The van der Waals surface area contributed by atoms with Crippen molar-refractivity contribution in [1.29, 1.82) is 0 Å². The van der Waals surface area contributed by atoms with Crippen molar-refractivity contribution in [2.24, 2.45) is 0 Å². The number of morpholine rings is 1. The van der Waals surface area contributed by atoms with E-state index in [1.54, 1.807) is 6.07 Å². The molecule has 0 amide bonds. The lowest BCUT2D eigenvalue weighted by atomic mass is 10.0. The van der Waals surface area contributed by atoms with Crippen LogP contribution < -0.4 is 10.1 Å². The van der Waals surface area contributed by atoms with Gasteiger partial charge in [-0.3, -0.25) is 0 Å². The van der Waals surface area contributed by atoms with Gasteiger partial charge in [0.05, 0.1) is 13.2 Å². The highest BCUT2D eigenvalue weighted by Crippen LogP contribution is 2.28. The van der Waals surface area contributed by atoms with Crippen LogP contribution in [0.1, 0.15) is 5.56 Å². The minimum Gasteiger partial charge on any atom is -0.406 e. The zero-order valence-electron chi connectivity index (χ0n) is 11.2. The van der Waals surface area contributed by atoms with Gasteiger partial charge < -0.3 is 19.8 Å². The summed E-state index contributed by atoms with van der Waals surface area (Å²) in [5.74, 6) is -0.205. The molecule has 2 N–H and O–H groups in total. The van der Waals surface area contributed by atoms with Crippen molar-refractivity contribution in [2.45, 2.75) is 18.8 Å². The van der Waals surface area contributed by atoms with Gasteiger partial charge in [-0.25, -0.2) is 0 Å². The van der Waals surface area contributed by atoms with Crippen LogP contribution in [0.3, 0.4) is 0 Å². The van der Waals surface area contributed by atoms with E-state index in [0.29, 0.717) is 19.6 Å². The standard InChI is InChI=1S/C14H15F3N2O2/c15-14(16,17)21-11-1-2-13-12(6-11)9(7-19-13)5-10-8-20-4-3-18-10/h1-2,6-7,10,18-19H,3-5,8H2/t10-/m0/s1. The van der Waals surface area contributed by atoms with Gasteiger partial charge in [-0.05, 0) is 30.2 Å². The van der Waals surface area contributed by atoms with Crippen LogP contribution in [-0.2, 0) is 11.2 Å². The van der Waals surface area contributed by atoms with Crippen LogP contribution in [-0.4, -0.2) is 37.1 Å². The minimum absolute atomic E-state index is 0.171. The van der Waals surface area contributed by atoms with Gasteiger partial charge in [0, 0.05) is 29.7 Å². The summed E-state index contributed by atoms with van der Waals surface area (Å²) in [5, 5.41) is 4.06. The van der Waals surface area contributed by atoms with Crippen LogP contribution in [0.4, 0.5) is 13.2 Å². The van der Waals surface area contributed by atoms with Crippen LogP contribution in [0.2, 0.25) is 0 Å². The predicted molar refractivity (Wildman–Crippen MR) is 71.3 cm³/mol. The van der Waals surface area contributed by atoms with Gasteiger partial charge in [-0.2, -0.15) is 0 Å². The lowest BCUT2D eigenvalue weighted by Gasteiger charge is -2.23. The summed E-state index contributed by atoms with van der Waals surface area (Å²) < 4.78 is 46.2. The van der Waals surface area contributed by atoms with E-state index in [-0.39, 0.29) is 11.8 Å². The highest BCUT2D eigenvalue weighted by molar-refractivity contribution is 5.84. The molecule has 1 aliphatic heterocycles. The third kappa shape index (κ3) is 3.48. The van der Waals surface area contributed by atoms with Gasteiger partial charge in [-0.1, -0.05) is 0 Å². The highest BCUT2D eigenvalue weighted by atomic mass is 19.4. The second-order valence-corrected chi connectivity index (χ2v) is 5.00. The van der Waals surface area contributed by atoms with E-state index in [2.05, 4.69) is 15.0 Å². The molecule has 0 unspecified atom stereocenters. The van der Waals surface area contributed by atoms with Crippen LogP contribution in [0.25, 0.3) is 10.9 Å². The molecule has 0 bridgehead atoms. The predicted octanol–water partition coefficient (Wildman–Crippen LogP) is 2.60. The lowest BCUT2D eigenvalue weighted by Crippen LogP contribution is -2.42. The van der Waals surface area contributed by atoms with E-state index in [4.69, 9.17) is 4.74 Å². The average Bonchev–Trinajstić information content (AvgIpc) is 2.81. The summed E-state index contributed by atoms with van der Waals surface area (Å²) in [7, 11) is 0. The Bertz CT molecular complexity index is 618. The smallest absolute Gasteiger partial charge is 0.406 e. The number of ether oxygens (including phenoxy) is 2. The fraction of sp³-hybridized carbons (Fsp3) is 0.429. The third-order valence-electron chi connectivity index (χ3n) is 3.44. The molecular weight excluding hydrogens is 285 g/mol. The monoisotopic (exact) mass is 300 g/mol. The molecule has 1 saturated heterocycles. The second kappa shape index (κ2) is 5.57. The van der Waals surface area contributed by atoms with E-state index < -0.39 is 6.36 Å². The number of halogens is 3. The summed E-state index contributed by atoms with van der Waals surface area (Å²) in [4.78, 5) is 3.06. The van der Waals surface area contributed by atoms with Gasteiger partial charge in [0.1, 0.15) is 5.75 Å². The van der Waals surface area contributed by atoms with Gasteiger partial charge in [-0.15, -0.1) is 13.2 Å². The zero-order chi connectivity index (χ0) is 14.9. The zero-order valence-corrected chi connectivity index (χ0v) is 11.2. The molecule has 0 aliphatic carbocycles. The maximum Gasteiger partial charge on any atom is 0.573 e. The van der Waals surface area contributed by atoms with Crippen LogP contribution in [0.5, 0.6) is 5.75 Å². The normalized spacial score (nSPS) is 19.9. The molecule has 1 aliphatic rings. The van der Waals surface area contributed by atoms with Crippen molar-refractivity contribution in [3.63, 3.8) is 0 Å². The average molecular weight is 300 g/mol. The van der Waals surface area contributed by atoms with E-state index in [9.17, 15) is 13.2 Å². The van der Waals surface area contributed by atoms with Crippen LogP contribution in [0, 0.1) is 0 Å². The molecule has 114 valence electrons. The van der Waals surface area contributed by atoms with Gasteiger partial charge in [0.2, 0.25) is 0 Å². The Morgan fingerprint density at radius 3 is 2.90 bits per heavy atom. The summed E-state index contributed by atoms with van der Waals surface area (Å²) in [6.07, 6.45) is -2.17. The number of fused-ring (bicyclic) bond motifs is 1. The highest BCUT2D eigenvalue weighted by Gasteiger charge is 2.31. The maximum atomic E-state index is 12.3. The van der Waals surface area contributed by atoms with E-state index in [1.165, 1.54) is 12.1 Å². The van der Waals surface area contributed by atoms with Crippen molar-refractivity contribution in [2.75, 3.05) is 19.8 Å². The fourth-order valence-corrected chi connectivity index (χ4v) is 2.54. The van der Waals surface area contributed by atoms with E-state index in [1.807, 2.05) is 6.20 Å². The number of alkyl halides is 3. The number of aromatic nitrogens is 1. The summed E-state index contributed by atoms with van der Waals surface area (Å²) in [6, 6.07) is 4.48. The molecule has 3 rings (SSSR count). The number of aromatic amines is 1. The molecule has 2 heterocycles. The minimum atomic E-state index is -4.68. The first-order valence-corrected chi connectivity index (χ1v) is 6.68. The molecule has 1 fully saturated rings. The van der Waals surface area contributed by atoms with Crippen LogP contribution in [0.15, 0.2) is 24.4 Å². The molecular formula is C14H15F3N2O2. The van der Waals surface area contributed by atoms with Crippen molar-refractivity contribution in [3.8, 4) is 5.75 Å². The molecule has 0 radical (unpaired) electrons. The molecule has 21 heavy (non-hydrogen) atoms. The first-order chi connectivity index (χ1) is 10.0.